The van der Waals surface area contributed by atoms with Crippen LogP contribution in [0.4, 0.5) is 0 Å². The lowest BCUT2D eigenvalue weighted by Gasteiger charge is -2.31. The average molecular weight is 460 g/mol. The van der Waals surface area contributed by atoms with E-state index in [9.17, 15) is 13.2 Å². The van der Waals surface area contributed by atoms with Crippen molar-refractivity contribution in [3.05, 3.63) is 48.3 Å². The minimum absolute atomic E-state index is 0.106. The van der Waals surface area contributed by atoms with Crippen LogP contribution in [0.15, 0.2) is 52.5 Å². The molecule has 1 unspecified atom stereocenters. The minimum atomic E-state index is -3.65. The molecule has 1 aliphatic rings. The highest BCUT2D eigenvalue weighted by molar-refractivity contribution is 7.99. The first-order valence-corrected chi connectivity index (χ1v) is 12.6. The van der Waals surface area contributed by atoms with E-state index in [1.807, 2.05) is 37.3 Å². The molecule has 2 aromatic carbocycles. The molecule has 31 heavy (non-hydrogen) atoms. The number of piperidine rings is 1. The fraction of sp³-hybridized carbons (Fsp3) is 0.381. The number of nitrogens with one attached hydrogen (secondary N) is 2. The molecular formula is C21H25N5O3S2. The van der Waals surface area contributed by atoms with Gasteiger partial charge in [-0.05, 0) is 42.7 Å². The van der Waals surface area contributed by atoms with Crippen LogP contribution in [0.5, 0.6) is 0 Å². The van der Waals surface area contributed by atoms with Crippen molar-refractivity contribution >= 4 is 38.5 Å². The second-order valence-electron chi connectivity index (χ2n) is 7.55. The van der Waals surface area contributed by atoms with Gasteiger partial charge in [0.15, 0.2) is 0 Å². The molecule has 0 radical (unpaired) electrons. The van der Waals surface area contributed by atoms with Gasteiger partial charge in [-0.25, -0.2) is 13.4 Å². The van der Waals surface area contributed by atoms with Crippen LogP contribution >= 0.6 is 11.8 Å². The molecule has 1 fully saturated rings. The molecular weight excluding hydrogens is 434 g/mol. The maximum atomic E-state index is 13.2. The van der Waals surface area contributed by atoms with Crippen LogP contribution in [0.2, 0.25) is 0 Å². The maximum Gasteiger partial charge on any atom is 0.243 e. The van der Waals surface area contributed by atoms with Crippen molar-refractivity contribution in [1.82, 2.24) is 24.8 Å². The van der Waals surface area contributed by atoms with Crippen LogP contribution in [0.1, 0.15) is 18.7 Å². The Hall–Kier alpha value is -2.43. The second-order valence-corrected chi connectivity index (χ2v) is 10.6. The van der Waals surface area contributed by atoms with Crippen LogP contribution in [0, 0.1) is 12.8 Å². The third-order valence-corrected chi connectivity index (χ3v) is 8.03. The monoisotopic (exact) mass is 459 g/mol. The number of carbonyl (C=O) groups excluding carboxylic acids is 1. The van der Waals surface area contributed by atoms with Crippen LogP contribution in [0.25, 0.3) is 10.8 Å². The van der Waals surface area contributed by atoms with Crippen molar-refractivity contribution in [2.45, 2.75) is 29.8 Å². The molecule has 4 rings (SSSR count). The van der Waals surface area contributed by atoms with E-state index >= 15 is 0 Å². The van der Waals surface area contributed by atoms with Crippen molar-refractivity contribution in [3.8, 4) is 0 Å². The molecule has 0 aliphatic carbocycles. The predicted octanol–water partition coefficient (Wildman–Crippen LogP) is 2.58. The van der Waals surface area contributed by atoms with Crippen molar-refractivity contribution in [1.29, 1.82) is 0 Å². The van der Waals surface area contributed by atoms with Gasteiger partial charge in [-0.15, -0.1) is 5.10 Å². The molecule has 1 atom stereocenters. The number of aryl methyl sites for hydroxylation is 1. The highest BCUT2D eigenvalue weighted by atomic mass is 32.2. The number of benzene rings is 2. The number of aromatic amines is 1. The SMILES string of the molecule is Cc1nc(SCCNC(=O)C2CCCN(S(=O)(=O)c3ccc4ccccc4c3)C2)n[nH]1. The number of hydrogen-bond donors (Lipinski definition) is 2. The molecule has 0 bridgehead atoms. The summed E-state index contributed by atoms with van der Waals surface area (Å²) in [5.41, 5.74) is 0. The summed E-state index contributed by atoms with van der Waals surface area (Å²) in [6.45, 7) is 2.94. The Morgan fingerprint density at radius 1 is 1.26 bits per heavy atom. The molecule has 0 saturated carbocycles. The summed E-state index contributed by atoms with van der Waals surface area (Å²) in [5.74, 6) is 0.945. The zero-order chi connectivity index (χ0) is 21.8. The van der Waals surface area contributed by atoms with Crippen LogP contribution in [-0.2, 0) is 14.8 Å². The zero-order valence-electron chi connectivity index (χ0n) is 17.2. The third kappa shape index (κ3) is 5.08. The Morgan fingerprint density at radius 2 is 2.06 bits per heavy atom. The van der Waals surface area contributed by atoms with Gasteiger partial charge in [0.25, 0.3) is 0 Å². The maximum absolute atomic E-state index is 13.2. The van der Waals surface area contributed by atoms with Crippen LogP contribution in [0.3, 0.4) is 0 Å². The molecule has 1 aliphatic heterocycles. The Kier molecular flexibility index (Phi) is 6.59. The van der Waals surface area contributed by atoms with Gasteiger partial charge in [0.1, 0.15) is 5.82 Å². The number of H-pyrrole nitrogens is 1. The van der Waals surface area contributed by atoms with E-state index < -0.39 is 10.0 Å². The van der Waals surface area contributed by atoms with Gasteiger partial charge in [-0.3, -0.25) is 9.89 Å². The van der Waals surface area contributed by atoms with Crippen molar-refractivity contribution in [2.24, 2.45) is 5.92 Å². The number of thioether (sulfide) groups is 1. The molecule has 0 spiro atoms. The van der Waals surface area contributed by atoms with Gasteiger partial charge in [0, 0.05) is 25.4 Å². The fourth-order valence-electron chi connectivity index (χ4n) is 3.70. The van der Waals surface area contributed by atoms with Crippen LogP contribution in [-0.4, -0.2) is 59.2 Å². The standard InChI is InChI=1S/C21H25N5O3S2/c1-15-23-21(25-24-15)30-12-10-22-20(27)18-7-4-11-26(14-18)31(28,29)19-9-8-16-5-2-3-6-17(16)13-19/h2-3,5-6,8-9,13,18H,4,7,10-12,14H2,1H3,(H,22,27)(H,23,24,25). The van der Waals surface area contributed by atoms with Gasteiger partial charge >= 0.3 is 0 Å². The van der Waals surface area contributed by atoms with Gasteiger partial charge in [0.05, 0.1) is 10.8 Å². The molecule has 10 heteroatoms. The lowest BCUT2D eigenvalue weighted by molar-refractivity contribution is -0.125. The van der Waals surface area contributed by atoms with Gasteiger partial charge in [-0.2, -0.15) is 4.31 Å². The smallest absolute Gasteiger partial charge is 0.243 e. The summed E-state index contributed by atoms with van der Waals surface area (Å²) < 4.78 is 27.8. The summed E-state index contributed by atoms with van der Waals surface area (Å²) in [5, 5.41) is 12.3. The first-order valence-electron chi connectivity index (χ1n) is 10.2. The van der Waals surface area contributed by atoms with E-state index in [4.69, 9.17) is 0 Å². The first-order chi connectivity index (χ1) is 14.9. The average Bonchev–Trinajstić information content (AvgIpc) is 3.21. The van der Waals surface area contributed by atoms with Gasteiger partial charge in [-0.1, -0.05) is 42.1 Å². The third-order valence-electron chi connectivity index (χ3n) is 5.32. The van der Waals surface area contributed by atoms with E-state index in [-0.39, 0.29) is 23.3 Å². The molecule has 3 aromatic rings. The van der Waals surface area contributed by atoms with Gasteiger partial charge < -0.3 is 5.32 Å². The predicted molar refractivity (Wildman–Crippen MR) is 120 cm³/mol. The van der Waals surface area contributed by atoms with Crippen molar-refractivity contribution in [2.75, 3.05) is 25.4 Å². The minimum Gasteiger partial charge on any atom is -0.355 e. The van der Waals surface area contributed by atoms with Crippen molar-refractivity contribution < 1.29 is 13.2 Å². The second kappa shape index (κ2) is 9.37. The largest absolute Gasteiger partial charge is 0.355 e. The lowest BCUT2D eigenvalue weighted by Crippen LogP contribution is -2.45. The Labute approximate surface area is 185 Å². The molecule has 1 amide bonds. The summed E-state index contributed by atoms with van der Waals surface area (Å²) in [7, 11) is -3.65. The number of aromatic nitrogens is 3. The van der Waals surface area contributed by atoms with Crippen LogP contribution < -0.4 is 5.32 Å². The highest BCUT2D eigenvalue weighted by Gasteiger charge is 2.33. The van der Waals surface area contributed by atoms with E-state index in [2.05, 4.69) is 20.5 Å². The summed E-state index contributed by atoms with van der Waals surface area (Å²) in [6, 6.07) is 12.8. The highest BCUT2D eigenvalue weighted by Crippen LogP contribution is 2.26. The number of nitrogens with zero attached hydrogens (tertiary/aromatic N) is 3. The molecule has 1 saturated heterocycles. The zero-order valence-corrected chi connectivity index (χ0v) is 18.9. The number of sulfonamides is 1. The quantitative estimate of drug-likeness (QED) is 0.415. The Balaban J connectivity index is 1.35. The number of carbonyl (C=O) groups is 1. The van der Waals surface area contributed by atoms with E-state index in [0.717, 1.165) is 16.6 Å². The normalized spacial score (nSPS) is 17.6. The fourth-order valence-corrected chi connectivity index (χ4v) is 5.96. The summed E-state index contributed by atoms with van der Waals surface area (Å²) >= 11 is 1.46. The first kappa shape index (κ1) is 21.8. The topological polar surface area (TPSA) is 108 Å². The van der Waals surface area contributed by atoms with Crippen molar-refractivity contribution in [3.63, 3.8) is 0 Å². The van der Waals surface area contributed by atoms with E-state index in [1.165, 1.54) is 16.1 Å². The molecule has 2 N–H and O–H groups in total. The molecule has 2 heterocycles. The summed E-state index contributed by atoms with van der Waals surface area (Å²) in [6.07, 6.45) is 1.35. The van der Waals surface area contributed by atoms with Gasteiger partial charge in [0.2, 0.25) is 21.1 Å². The molecule has 1 aromatic heterocycles. The number of hydrogen-bond acceptors (Lipinski definition) is 6. The van der Waals surface area contributed by atoms with E-state index in [0.29, 0.717) is 36.8 Å². The number of amides is 1. The Bertz CT molecular complexity index is 1180. The molecule has 8 nitrogen and oxygen atoms in total. The summed E-state index contributed by atoms with van der Waals surface area (Å²) in [4.78, 5) is 17.1. The number of fused-ring (bicyclic) bond motifs is 1. The van der Waals surface area contributed by atoms with E-state index in [1.54, 1.807) is 12.1 Å². The lowest BCUT2D eigenvalue weighted by atomic mass is 9.99. The number of rotatable bonds is 7. The molecule has 164 valence electrons. The Morgan fingerprint density at radius 3 is 2.84 bits per heavy atom.